The van der Waals surface area contributed by atoms with E-state index in [2.05, 4.69) is 19.2 Å². The van der Waals surface area contributed by atoms with Crippen LogP contribution in [0.3, 0.4) is 0 Å². The Hall–Kier alpha value is -1.10. The molecule has 0 saturated carbocycles. The van der Waals surface area contributed by atoms with Crippen LogP contribution in [0.1, 0.15) is 142 Å². The number of nitrogens with one attached hydrogen (secondary N) is 1. The van der Waals surface area contributed by atoms with E-state index >= 15 is 0 Å². The average Bonchev–Trinajstić information content (AvgIpc) is 3.22. The molecule has 2 amide bonds. The van der Waals surface area contributed by atoms with Crippen LogP contribution in [-0.4, -0.2) is 48.0 Å². The largest absolute Gasteiger partial charge is 0.321 e. The minimum Gasteiger partial charge on any atom is -0.321 e. The summed E-state index contributed by atoms with van der Waals surface area (Å²) in [7, 11) is 3.93. The minimum absolute atomic E-state index is 0.0755. The summed E-state index contributed by atoms with van der Waals surface area (Å²) in [6, 6.07) is 0. The van der Waals surface area contributed by atoms with Crippen LogP contribution in [0.2, 0.25) is 0 Å². The Bertz CT molecular complexity index is 523. The lowest BCUT2D eigenvalue weighted by atomic mass is 10.0. The highest BCUT2D eigenvalue weighted by Gasteiger charge is 2.44. The Morgan fingerprint density at radius 1 is 0.818 bits per heavy atom. The van der Waals surface area contributed by atoms with Gasteiger partial charge in [0.25, 0.3) is 0 Å². The van der Waals surface area contributed by atoms with E-state index in [9.17, 15) is 9.59 Å². The molecule has 1 unspecified atom stereocenters. The van der Waals surface area contributed by atoms with E-state index in [1.165, 1.54) is 83.5 Å². The Morgan fingerprint density at radius 3 is 1.70 bits per heavy atom. The second-order valence-electron chi connectivity index (χ2n) is 10.4. The summed E-state index contributed by atoms with van der Waals surface area (Å²) in [5.41, 5.74) is 0. The number of hydrogen-bond donors (Lipinski definition) is 1. The van der Waals surface area contributed by atoms with Gasteiger partial charge in [0.1, 0.15) is 0 Å². The van der Waals surface area contributed by atoms with Crippen LogP contribution in [0.5, 0.6) is 0 Å². The molecule has 1 N–H and O–H groups in total. The zero-order valence-electron chi connectivity index (χ0n) is 22.6. The summed E-state index contributed by atoms with van der Waals surface area (Å²) in [5, 5.41) is 3.24. The third-order valence-electron chi connectivity index (χ3n) is 7.21. The molecule has 1 rings (SSSR count). The number of hydrogen-bond acceptors (Lipinski definition) is 3. The smallest absolute Gasteiger partial charge is 0.225 e. The minimum atomic E-state index is -0.672. The van der Waals surface area contributed by atoms with Gasteiger partial charge in [-0.25, -0.2) is 0 Å². The van der Waals surface area contributed by atoms with Gasteiger partial charge in [-0.3, -0.25) is 14.5 Å². The molecule has 0 aromatic heterocycles. The number of likely N-dealkylation sites (tertiary alicyclic amines) is 1. The van der Waals surface area contributed by atoms with Crippen LogP contribution < -0.4 is 5.32 Å². The lowest BCUT2D eigenvalue weighted by molar-refractivity contribution is -0.150. The fraction of sp³-hybridized carbons (Fsp3) is 0.929. The van der Waals surface area contributed by atoms with Crippen LogP contribution in [-0.2, 0) is 9.59 Å². The number of carbonyl (C=O) groups is 2. The highest BCUT2D eigenvalue weighted by molar-refractivity contribution is 5.81. The van der Waals surface area contributed by atoms with Gasteiger partial charge < -0.3 is 10.2 Å². The molecule has 33 heavy (non-hydrogen) atoms. The van der Waals surface area contributed by atoms with Crippen molar-refractivity contribution in [1.82, 2.24) is 15.1 Å². The van der Waals surface area contributed by atoms with Crippen molar-refractivity contribution in [1.29, 1.82) is 0 Å². The molecule has 5 heteroatoms. The van der Waals surface area contributed by atoms with E-state index in [0.717, 1.165) is 38.6 Å². The number of amides is 2. The molecule has 0 radical (unpaired) electrons. The van der Waals surface area contributed by atoms with Gasteiger partial charge >= 0.3 is 0 Å². The van der Waals surface area contributed by atoms with Crippen molar-refractivity contribution in [3.63, 3.8) is 0 Å². The molecule has 5 nitrogen and oxygen atoms in total. The predicted molar refractivity (Wildman–Crippen MR) is 140 cm³/mol. The van der Waals surface area contributed by atoms with Gasteiger partial charge in [0.2, 0.25) is 11.8 Å². The first-order valence-corrected chi connectivity index (χ1v) is 14.3. The Morgan fingerprint density at radius 2 is 1.30 bits per heavy atom. The van der Waals surface area contributed by atoms with Crippen LogP contribution in [0.4, 0.5) is 0 Å². The van der Waals surface area contributed by atoms with Gasteiger partial charge in [0, 0.05) is 25.8 Å². The first kappa shape index (κ1) is 29.9. The molecule has 0 aliphatic carbocycles. The van der Waals surface area contributed by atoms with Crippen molar-refractivity contribution < 1.29 is 9.59 Å². The van der Waals surface area contributed by atoms with Gasteiger partial charge in [-0.05, 0) is 26.9 Å². The van der Waals surface area contributed by atoms with Gasteiger partial charge in [-0.1, -0.05) is 110 Å². The lowest BCUT2D eigenvalue weighted by Gasteiger charge is -2.47. The van der Waals surface area contributed by atoms with E-state index < -0.39 is 5.79 Å². The van der Waals surface area contributed by atoms with Crippen LogP contribution in [0.15, 0.2) is 0 Å². The molecule has 1 fully saturated rings. The molecular formula is C28H55N3O2. The van der Waals surface area contributed by atoms with E-state index in [4.69, 9.17) is 0 Å². The standard InChI is InChI=1S/C28H55N3O2/c1-5-7-8-9-10-11-12-13-14-15-16-17-18-19-20-22-26(32)29-28(24-6-2,30(3)4)31-25-21-23-27(31)33/h5-25H2,1-4H3,(H,29,32). The van der Waals surface area contributed by atoms with Crippen molar-refractivity contribution in [3.8, 4) is 0 Å². The number of nitrogens with zero attached hydrogens (tertiary/aromatic N) is 2. The normalized spacial score (nSPS) is 15.9. The van der Waals surface area contributed by atoms with Gasteiger partial charge in [0.05, 0.1) is 0 Å². The predicted octanol–water partition coefficient (Wildman–Crippen LogP) is 7.00. The second-order valence-corrected chi connectivity index (χ2v) is 10.4. The van der Waals surface area contributed by atoms with Crippen molar-refractivity contribution in [2.75, 3.05) is 20.6 Å². The summed E-state index contributed by atoms with van der Waals surface area (Å²) in [6.45, 7) is 5.12. The molecule has 1 atom stereocenters. The fourth-order valence-electron chi connectivity index (χ4n) is 5.17. The Labute approximate surface area is 205 Å². The third-order valence-corrected chi connectivity index (χ3v) is 7.21. The van der Waals surface area contributed by atoms with Crippen LogP contribution in [0.25, 0.3) is 0 Å². The molecule has 194 valence electrons. The molecule has 1 aliphatic rings. The monoisotopic (exact) mass is 465 g/mol. The highest BCUT2D eigenvalue weighted by Crippen LogP contribution is 2.27. The lowest BCUT2D eigenvalue weighted by Crippen LogP contribution is -2.68. The Balaban J connectivity index is 2.12. The van der Waals surface area contributed by atoms with Gasteiger partial charge in [-0.15, -0.1) is 0 Å². The van der Waals surface area contributed by atoms with Crippen molar-refractivity contribution in [2.45, 2.75) is 148 Å². The SMILES string of the molecule is CCCCCCCCCCCCCCCCCC(=O)NC(CCC)(N(C)C)N1CCCC1=O. The quantitative estimate of drug-likeness (QED) is 0.147. The Kier molecular flexibility index (Phi) is 16.6. The molecular weight excluding hydrogens is 410 g/mol. The van der Waals surface area contributed by atoms with Gasteiger partial charge in [-0.2, -0.15) is 0 Å². The zero-order valence-corrected chi connectivity index (χ0v) is 22.6. The van der Waals surface area contributed by atoms with Crippen molar-refractivity contribution >= 4 is 11.8 Å². The maximum absolute atomic E-state index is 12.8. The molecule has 0 aromatic carbocycles. The van der Waals surface area contributed by atoms with Crippen LogP contribution in [0, 0.1) is 0 Å². The maximum atomic E-state index is 12.8. The second kappa shape index (κ2) is 18.3. The first-order chi connectivity index (χ1) is 16.0. The summed E-state index contributed by atoms with van der Waals surface area (Å²) < 4.78 is 0. The number of unbranched alkanes of at least 4 members (excludes halogenated alkanes) is 14. The van der Waals surface area contributed by atoms with E-state index in [1.54, 1.807) is 0 Å². The average molecular weight is 466 g/mol. The van der Waals surface area contributed by atoms with E-state index in [1.807, 2.05) is 23.9 Å². The summed E-state index contributed by atoms with van der Waals surface area (Å²) in [4.78, 5) is 29.1. The zero-order chi connectivity index (χ0) is 24.4. The molecule has 0 bridgehead atoms. The van der Waals surface area contributed by atoms with Crippen LogP contribution >= 0.6 is 0 Å². The van der Waals surface area contributed by atoms with Crippen molar-refractivity contribution in [3.05, 3.63) is 0 Å². The van der Waals surface area contributed by atoms with Gasteiger partial charge in [0.15, 0.2) is 5.79 Å². The number of rotatable bonds is 21. The third kappa shape index (κ3) is 11.7. The first-order valence-electron chi connectivity index (χ1n) is 14.3. The molecule has 1 aliphatic heterocycles. The van der Waals surface area contributed by atoms with E-state index in [0.29, 0.717) is 12.8 Å². The highest BCUT2D eigenvalue weighted by atomic mass is 16.2. The maximum Gasteiger partial charge on any atom is 0.225 e. The summed E-state index contributed by atoms with van der Waals surface area (Å²) >= 11 is 0. The molecule has 1 heterocycles. The topological polar surface area (TPSA) is 52.7 Å². The van der Waals surface area contributed by atoms with E-state index in [-0.39, 0.29) is 11.8 Å². The fourth-order valence-corrected chi connectivity index (χ4v) is 5.17. The number of carbonyl (C=O) groups excluding carboxylic acids is 2. The molecule has 0 aromatic rings. The molecule has 0 spiro atoms. The molecule has 1 saturated heterocycles. The summed E-state index contributed by atoms with van der Waals surface area (Å²) in [6.07, 6.45) is 23.6. The summed E-state index contributed by atoms with van der Waals surface area (Å²) in [5.74, 6) is -0.439. The van der Waals surface area contributed by atoms with Crippen molar-refractivity contribution in [2.24, 2.45) is 0 Å².